The molecule has 0 aliphatic heterocycles. The summed E-state index contributed by atoms with van der Waals surface area (Å²) in [5.74, 6) is -1.71. The molecular formula is C21H21N3O7S2. The number of non-ortho nitro benzene ring substituents is 1. The predicted octanol–water partition coefficient (Wildman–Crippen LogP) is 2.77. The van der Waals surface area contributed by atoms with Crippen LogP contribution >= 0.6 is 11.3 Å². The number of nitrogens with zero attached hydrogens (tertiary/aromatic N) is 3. The fourth-order valence-electron chi connectivity index (χ4n) is 2.99. The molecule has 0 fully saturated rings. The number of nitro benzene ring substituents is 1. The molecule has 1 heterocycles. The molecule has 3 aromatic rings. The van der Waals surface area contributed by atoms with Crippen LogP contribution in [0, 0.1) is 17.0 Å². The summed E-state index contributed by atoms with van der Waals surface area (Å²) in [4.78, 5) is 39.4. The van der Waals surface area contributed by atoms with E-state index in [1.165, 1.54) is 34.9 Å². The number of thiazole rings is 1. The summed E-state index contributed by atoms with van der Waals surface area (Å²) in [6.07, 6.45) is -0.357. The number of carbonyl (C=O) groups is 2. The number of hydrogen-bond acceptors (Lipinski definition) is 8. The number of fused-ring (bicyclic) bond motifs is 1. The molecule has 0 N–H and O–H groups in total. The van der Waals surface area contributed by atoms with Crippen molar-refractivity contribution in [2.45, 2.75) is 31.7 Å². The number of nitro groups is 1. The second-order valence-electron chi connectivity index (χ2n) is 7.07. The van der Waals surface area contributed by atoms with Crippen LogP contribution < -0.4 is 4.80 Å². The van der Waals surface area contributed by atoms with Crippen LogP contribution in [0.4, 0.5) is 5.69 Å². The predicted molar refractivity (Wildman–Crippen MR) is 122 cm³/mol. The van der Waals surface area contributed by atoms with Crippen molar-refractivity contribution in [1.82, 2.24) is 4.57 Å². The highest BCUT2D eigenvalue weighted by Gasteiger charge is 2.18. The normalized spacial score (nSPS) is 12.1. The van der Waals surface area contributed by atoms with Crippen LogP contribution in [0.1, 0.15) is 18.9 Å². The number of sulfone groups is 1. The van der Waals surface area contributed by atoms with E-state index in [4.69, 9.17) is 4.74 Å². The van der Waals surface area contributed by atoms with Gasteiger partial charge in [0.2, 0.25) is 5.91 Å². The molecule has 0 bridgehead atoms. The Morgan fingerprint density at radius 1 is 1.18 bits per heavy atom. The Morgan fingerprint density at radius 2 is 1.88 bits per heavy atom. The van der Waals surface area contributed by atoms with Gasteiger partial charge in [0.25, 0.3) is 5.69 Å². The van der Waals surface area contributed by atoms with Gasteiger partial charge in [0, 0.05) is 18.6 Å². The largest absolute Gasteiger partial charge is 0.465 e. The summed E-state index contributed by atoms with van der Waals surface area (Å²) in [5, 5.41) is 11.2. The maximum atomic E-state index is 12.5. The first-order valence-electron chi connectivity index (χ1n) is 9.91. The molecule has 0 atom stereocenters. The molecule has 1 amide bonds. The highest BCUT2D eigenvalue weighted by Crippen LogP contribution is 2.23. The smallest absolute Gasteiger partial charge is 0.326 e. The summed E-state index contributed by atoms with van der Waals surface area (Å²) in [7, 11) is -3.67. The van der Waals surface area contributed by atoms with Crippen molar-refractivity contribution in [1.29, 1.82) is 0 Å². The summed E-state index contributed by atoms with van der Waals surface area (Å²) in [6, 6.07) is 10.4. The molecule has 3 rings (SSSR count). The molecule has 1 aromatic heterocycles. The highest BCUT2D eigenvalue weighted by atomic mass is 32.2. The van der Waals surface area contributed by atoms with E-state index in [9.17, 15) is 28.1 Å². The highest BCUT2D eigenvalue weighted by molar-refractivity contribution is 7.91. The van der Waals surface area contributed by atoms with Crippen LogP contribution in [0.5, 0.6) is 0 Å². The van der Waals surface area contributed by atoms with Gasteiger partial charge in [0.05, 0.1) is 32.4 Å². The topological polar surface area (TPSA) is 138 Å². The number of ether oxygens (including phenoxy) is 1. The fraction of sp³-hybridized carbons (Fsp3) is 0.286. The van der Waals surface area contributed by atoms with E-state index in [1.54, 1.807) is 19.1 Å². The van der Waals surface area contributed by atoms with E-state index in [0.717, 1.165) is 16.9 Å². The lowest BCUT2D eigenvalue weighted by molar-refractivity contribution is -0.384. The monoisotopic (exact) mass is 491 g/mol. The van der Waals surface area contributed by atoms with Crippen molar-refractivity contribution in [3.63, 3.8) is 0 Å². The Morgan fingerprint density at radius 3 is 2.52 bits per heavy atom. The molecule has 0 unspecified atom stereocenters. The van der Waals surface area contributed by atoms with Crippen LogP contribution in [0.2, 0.25) is 0 Å². The van der Waals surface area contributed by atoms with Crippen LogP contribution in [0.3, 0.4) is 0 Å². The number of hydrogen-bond donors (Lipinski definition) is 0. The summed E-state index contributed by atoms with van der Waals surface area (Å²) >= 11 is 1.06. The maximum absolute atomic E-state index is 12.5. The average Bonchev–Trinajstić information content (AvgIpc) is 3.09. The third-order valence-electron chi connectivity index (χ3n) is 4.65. The van der Waals surface area contributed by atoms with E-state index in [2.05, 4.69) is 4.99 Å². The second kappa shape index (κ2) is 10.0. The molecule has 0 spiro atoms. The summed E-state index contributed by atoms with van der Waals surface area (Å²) in [6.45, 7) is 3.32. The Hall–Kier alpha value is -3.38. The van der Waals surface area contributed by atoms with Gasteiger partial charge in [-0.2, -0.15) is 4.99 Å². The number of benzene rings is 2. The maximum Gasteiger partial charge on any atom is 0.326 e. The lowest BCUT2D eigenvalue weighted by Gasteiger charge is -2.05. The van der Waals surface area contributed by atoms with Gasteiger partial charge in [-0.1, -0.05) is 29.0 Å². The van der Waals surface area contributed by atoms with Crippen molar-refractivity contribution in [2.75, 3.05) is 12.4 Å². The SMILES string of the molecule is CCOC(=O)Cn1c(=NC(=O)CCS(=O)(=O)c2ccc(C)cc2)sc2ccc([N+](=O)[O-])cc21. The standard InChI is InChI=1S/C21H21N3O7S2/c1-3-31-20(26)13-23-17-12-15(24(27)28)6-9-18(17)32-21(23)22-19(25)10-11-33(29,30)16-7-4-14(2)5-8-16/h4-9,12H,3,10-11,13H2,1-2H3. The third kappa shape index (κ3) is 5.90. The van der Waals surface area contributed by atoms with Crippen LogP contribution in [0.25, 0.3) is 10.2 Å². The Kier molecular flexibility index (Phi) is 7.39. The third-order valence-corrected chi connectivity index (χ3v) is 7.45. The minimum absolute atomic E-state index is 0.118. The van der Waals surface area contributed by atoms with Crippen molar-refractivity contribution in [3.8, 4) is 0 Å². The number of aryl methyl sites for hydroxylation is 1. The molecule has 0 saturated carbocycles. The summed E-state index contributed by atoms with van der Waals surface area (Å²) in [5.41, 5.74) is 1.08. The molecule has 12 heteroatoms. The lowest BCUT2D eigenvalue weighted by Crippen LogP contribution is -2.23. The number of carbonyl (C=O) groups excluding carboxylic acids is 2. The molecule has 0 aliphatic carbocycles. The molecule has 2 aromatic carbocycles. The van der Waals surface area contributed by atoms with Gasteiger partial charge >= 0.3 is 5.97 Å². The first-order valence-corrected chi connectivity index (χ1v) is 12.4. The van der Waals surface area contributed by atoms with E-state index < -0.39 is 32.4 Å². The Labute approximate surface area is 193 Å². The number of esters is 1. The van der Waals surface area contributed by atoms with E-state index in [0.29, 0.717) is 10.2 Å². The molecule has 0 saturated heterocycles. The average molecular weight is 492 g/mol. The lowest BCUT2D eigenvalue weighted by atomic mass is 10.2. The van der Waals surface area contributed by atoms with Gasteiger partial charge in [-0.3, -0.25) is 19.7 Å². The van der Waals surface area contributed by atoms with Crippen molar-refractivity contribution >= 4 is 49.0 Å². The molecule has 33 heavy (non-hydrogen) atoms. The van der Waals surface area contributed by atoms with E-state index in [1.807, 2.05) is 6.92 Å². The van der Waals surface area contributed by atoms with Gasteiger partial charge in [-0.05, 0) is 32.0 Å². The van der Waals surface area contributed by atoms with Gasteiger partial charge in [0.1, 0.15) is 6.54 Å². The second-order valence-corrected chi connectivity index (χ2v) is 10.2. The molecular weight excluding hydrogens is 470 g/mol. The zero-order valence-electron chi connectivity index (χ0n) is 17.9. The van der Waals surface area contributed by atoms with Gasteiger partial charge in [0.15, 0.2) is 14.6 Å². The minimum Gasteiger partial charge on any atom is -0.465 e. The molecule has 10 nitrogen and oxygen atoms in total. The number of amides is 1. The fourth-order valence-corrected chi connectivity index (χ4v) is 5.25. The van der Waals surface area contributed by atoms with Gasteiger partial charge in [-0.25, -0.2) is 8.42 Å². The first-order chi connectivity index (χ1) is 15.6. The molecule has 174 valence electrons. The molecule has 0 aliphatic rings. The zero-order valence-corrected chi connectivity index (χ0v) is 19.5. The number of aromatic nitrogens is 1. The van der Waals surface area contributed by atoms with Crippen LogP contribution in [0.15, 0.2) is 52.4 Å². The summed E-state index contributed by atoms with van der Waals surface area (Å²) < 4.78 is 31.9. The molecule has 0 radical (unpaired) electrons. The van der Waals surface area contributed by atoms with Gasteiger partial charge < -0.3 is 9.30 Å². The van der Waals surface area contributed by atoms with E-state index >= 15 is 0 Å². The quantitative estimate of drug-likeness (QED) is 0.268. The Balaban J connectivity index is 1.92. The Bertz CT molecular complexity index is 1390. The van der Waals surface area contributed by atoms with Crippen molar-refractivity contribution in [2.24, 2.45) is 4.99 Å². The zero-order chi connectivity index (χ0) is 24.2. The van der Waals surface area contributed by atoms with Crippen LogP contribution in [-0.4, -0.2) is 42.1 Å². The van der Waals surface area contributed by atoms with Crippen molar-refractivity contribution < 1.29 is 27.7 Å². The first kappa shape index (κ1) is 24.3. The van der Waals surface area contributed by atoms with Gasteiger partial charge in [-0.15, -0.1) is 0 Å². The number of rotatable bonds is 8. The van der Waals surface area contributed by atoms with Crippen molar-refractivity contribution in [3.05, 3.63) is 62.9 Å². The van der Waals surface area contributed by atoms with E-state index in [-0.39, 0.29) is 35.0 Å². The minimum atomic E-state index is -3.67. The van der Waals surface area contributed by atoms with Crippen LogP contribution in [-0.2, 0) is 30.7 Å².